The highest BCUT2D eigenvalue weighted by Gasteiger charge is 2.23. The van der Waals surface area contributed by atoms with Crippen molar-refractivity contribution in [1.29, 1.82) is 0 Å². The van der Waals surface area contributed by atoms with Crippen LogP contribution in [-0.4, -0.2) is 27.9 Å². The van der Waals surface area contributed by atoms with E-state index in [1.807, 2.05) is 16.5 Å². The lowest BCUT2D eigenvalue weighted by Crippen LogP contribution is -2.36. The fourth-order valence-corrected chi connectivity index (χ4v) is 2.08. The molecule has 0 aliphatic carbocycles. The first-order valence-corrected chi connectivity index (χ1v) is 5.57. The van der Waals surface area contributed by atoms with Gasteiger partial charge in [0, 0.05) is 6.20 Å². The van der Waals surface area contributed by atoms with E-state index in [4.69, 9.17) is 5.11 Å². The maximum Gasteiger partial charge on any atom is 0.326 e. The zero-order chi connectivity index (χ0) is 9.68. The van der Waals surface area contributed by atoms with Crippen molar-refractivity contribution in [1.82, 2.24) is 4.90 Å². The third-order valence-electron chi connectivity index (χ3n) is 2.09. The van der Waals surface area contributed by atoms with Crippen molar-refractivity contribution in [3.63, 3.8) is 0 Å². The Labute approximate surface area is 82.8 Å². The van der Waals surface area contributed by atoms with Crippen LogP contribution in [0.3, 0.4) is 0 Å². The predicted octanol–water partition coefficient (Wildman–Crippen LogP) is 2.11. The standard InChI is InChI=1S/C9H15NO2S/c1-2-3-4-8(9(11)12)10-5-6-13-7-10/h5-6,8H,2-4,7H2,1H3,(H,11,12). The van der Waals surface area contributed by atoms with Gasteiger partial charge in [-0.1, -0.05) is 19.8 Å². The maximum atomic E-state index is 10.9. The molecule has 4 heteroatoms. The Balaban J connectivity index is 2.46. The van der Waals surface area contributed by atoms with Crippen LogP contribution in [0.1, 0.15) is 26.2 Å². The average Bonchev–Trinajstić information content (AvgIpc) is 2.57. The number of aliphatic carboxylic acids is 1. The van der Waals surface area contributed by atoms with Gasteiger partial charge in [-0.05, 0) is 11.8 Å². The van der Waals surface area contributed by atoms with Crippen molar-refractivity contribution in [2.75, 3.05) is 5.88 Å². The summed E-state index contributed by atoms with van der Waals surface area (Å²) in [6.07, 6.45) is 4.65. The molecule has 13 heavy (non-hydrogen) atoms. The summed E-state index contributed by atoms with van der Waals surface area (Å²) in [6.45, 7) is 2.08. The molecule has 0 aromatic rings. The number of hydrogen-bond acceptors (Lipinski definition) is 3. The summed E-state index contributed by atoms with van der Waals surface area (Å²) in [5.41, 5.74) is 0. The van der Waals surface area contributed by atoms with Crippen molar-refractivity contribution < 1.29 is 9.90 Å². The second-order valence-corrected chi connectivity index (χ2v) is 3.96. The normalized spacial score (nSPS) is 17.8. The largest absolute Gasteiger partial charge is 0.480 e. The number of rotatable bonds is 5. The van der Waals surface area contributed by atoms with E-state index in [0.29, 0.717) is 0 Å². The van der Waals surface area contributed by atoms with Crippen LogP contribution in [0.2, 0.25) is 0 Å². The third kappa shape index (κ3) is 2.95. The number of carboxylic acids is 1. The van der Waals surface area contributed by atoms with Gasteiger partial charge in [-0.2, -0.15) is 0 Å². The quantitative estimate of drug-likeness (QED) is 0.739. The van der Waals surface area contributed by atoms with E-state index >= 15 is 0 Å². The molecular formula is C9H15NO2S. The third-order valence-corrected chi connectivity index (χ3v) is 2.85. The molecule has 0 amide bonds. The van der Waals surface area contributed by atoms with Crippen LogP contribution in [0.4, 0.5) is 0 Å². The summed E-state index contributed by atoms with van der Waals surface area (Å²) in [6, 6.07) is -0.328. The highest BCUT2D eigenvalue weighted by atomic mass is 32.2. The van der Waals surface area contributed by atoms with E-state index in [-0.39, 0.29) is 6.04 Å². The topological polar surface area (TPSA) is 40.5 Å². The monoisotopic (exact) mass is 201 g/mol. The first kappa shape index (κ1) is 10.4. The van der Waals surface area contributed by atoms with Gasteiger partial charge in [0.05, 0.1) is 5.88 Å². The Bertz CT molecular complexity index is 206. The van der Waals surface area contributed by atoms with Gasteiger partial charge in [0.2, 0.25) is 0 Å². The molecule has 0 aromatic carbocycles. The summed E-state index contributed by atoms with van der Waals surface area (Å²) in [5.74, 6) is 0.0707. The second-order valence-electron chi connectivity index (χ2n) is 3.09. The van der Waals surface area contributed by atoms with Gasteiger partial charge in [-0.3, -0.25) is 0 Å². The molecular weight excluding hydrogens is 186 g/mol. The molecule has 0 saturated carbocycles. The van der Waals surface area contributed by atoms with Gasteiger partial charge < -0.3 is 10.0 Å². The van der Waals surface area contributed by atoms with Crippen molar-refractivity contribution in [2.24, 2.45) is 0 Å². The minimum absolute atomic E-state index is 0.328. The van der Waals surface area contributed by atoms with E-state index < -0.39 is 5.97 Å². The van der Waals surface area contributed by atoms with Crippen LogP contribution in [0.15, 0.2) is 11.6 Å². The minimum Gasteiger partial charge on any atom is -0.480 e. The summed E-state index contributed by atoms with van der Waals surface area (Å²) in [4.78, 5) is 12.8. The van der Waals surface area contributed by atoms with E-state index in [1.165, 1.54) is 0 Å². The predicted molar refractivity (Wildman–Crippen MR) is 54.4 cm³/mol. The summed E-state index contributed by atoms with van der Waals surface area (Å²) in [5, 5.41) is 10.9. The Morgan fingerprint density at radius 1 is 1.77 bits per heavy atom. The van der Waals surface area contributed by atoms with E-state index in [2.05, 4.69) is 6.92 Å². The maximum absolute atomic E-state index is 10.9. The van der Waals surface area contributed by atoms with Crippen LogP contribution in [0.5, 0.6) is 0 Å². The molecule has 1 atom stereocenters. The number of carboxylic acid groups (broad SMARTS) is 1. The zero-order valence-corrected chi connectivity index (χ0v) is 8.59. The van der Waals surface area contributed by atoms with Crippen LogP contribution in [0.25, 0.3) is 0 Å². The average molecular weight is 201 g/mol. The molecule has 0 aromatic heterocycles. The first-order chi connectivity index (χ1) is 6.25. The van der Waals surface area contributed by atoms with Crippen molar-refractivity contribution in [3.8, 4) is 0 Å². The molecule has 0 bridgehead atoms. The van der Waals surface area contributed by atoms with Crippen LogP contribution < -0.4 is 0 Å². The lowest BCUT2D eigenvalue weighted by molar-refractivity contribution is -0.142. The van der Waals surface area contributed by atoms with Crippen molar-refractivity contribution in [2.45, 2.75) is 32.2 Å². The minimum atomic E-state index is -0.708. The number of thioether (sulfide) groups is 1. The zero-order valence-electron chi connectivity index (χ0n) is 7.77. The highest BCUT2D eigenvalue weighted by molar-refractivity contribution is 8.02. The molecule has 1 heterocycles. The van der Waals surface area contributed by atoms with Crippen LogP contribution in [-0.2, 0) is 4.79 Å². The molecule has 0 spiro atoms. The molecule has 0 fully saturated rings. The fraction of sp³-hybridized carbons (Fsp3) is 0.667. The van der Waals surface area contributed by atoms with Gasteiger partial charge in [0.15, 0.2) is 0 Å². The molecule has 1 unspecified atom stereocenters. The Morgan fingerprint density at radius 3 is 3.00 bits per heavy atom. The van der Waals surface area contributed by atoms with Crippen LogP contribution >= 0.6 is 11.8 Å². The molecule has 74 valence electrons. The van der Waals surface area contributed by atoms with Crippen molar-refractivity contribution in [3.05, 3.63) is 11.6 Å². The number of nitrogens with zero attached hydrogens (tertiary/aromatic N) is 1. The number of carbonyl (C=O) groups is 1. The van der Waals surface area contributed by atoms with E-state index in [1.54, 1.807) is 11.8 Å². The Hall–Kier alpha value is -0.640. The van der Waals surface area contributed by atoms with Crippen molar-refractivity contribution >= 4 is 17.7 Å². The molecule has 1 aliphatic heterocycles. The summed E-state index contributed by atoms with van der Waals surface area (Å²) >= 11 is 1.64. The molecule has 1 N–H and O–H groups in total. The van der Waals surface area contributed by atoms with E-state index in [0.717, 1.165) is 25.1 Å². The summed E-state index contributed by atoms with van der Waals surface area (Å²) in [7, 11) is 0. The Kier molecular flexibility index (Phi) is 4.15. The van der Waals surface area contributed by atoms with Gasteiger partial charge in [-0.25, -0.2) is 4.79 Å². The lowest BCUT2D eigenvalue weighted by Gasteiger charge is -2.23. The smallest absolute Gasteiger partial charge is 0.326 e. The Morgan fingerprint density at radius 2 is 2.54 bits per heavy atom. The molecule has 0 radical (unpaired) electrons. The molecule has 3 nitrogen and oxygen atoms in total. The number of unbranched alkanes of at least 4 members (excludes halogenated alkanes) is 1. The SMILES string of the molecule is CCCCC(C(=O)O)N1C=CSC1. The highest BCUT2D eigenvalue weighted by Crippen LogP contribution is 2.20. The van der Waals surface area contributed by atoms with Gasteiger partial charge >= 0.3 is 5.97 Å². The molecule has 1 rings (SSSR count). The van der Waals surface area contributed by atoms with E-state index in [9.17, 15) is 4.79 Å². The van der Waals surface area contributed by atoms with Gasteiger partial charge in [0.1, 0.15) is 6.04 Å². The van der Waals surface area contributed by atoms with Crippen LogP contribution in [0, 0.1) is 0 Å². The molecule has 0 saturated heterocycles. The fourth-order valence-electron chi connectivity index (χ4n) is 1.32. The summed E-state index contributed by atoms with van der Waals surface area (Å²) < 4.78 is 0. The number of hydrogen-bond donors (Lipinski definition) is 1. The van der Waals surface area contributed by atoms with Gasteiger partial charge in [0.25, 0.3) is 0 Å². The lowest BCUT2D eigenvalue weighted by atomic mass is 10.1. The second kappa shape index (κ2) is 5.17. The molecule has 1 aliphatic rings. The van der Waals surface area contributed by atoms with Gasteiger partial charge in [-0.15, -0.1) is 11.8 Å². The first-order valence-electron chi connectivity index (χ1n) is 4.52.